The average Bonchev–Trinajstić information content (AvgIpc) is 2.89. The van der Waals surface area contributed by atoms with E-state index in [0.717, 1.165) is 11.8 Å². The van der Waals surface area contributed by atoms with Crippen molar-refractivity contribution in [1.29, 1.82) is 0 Å². The summed E-state index contributed by atoms with van der Waals surface area (Å²) in [5, 5.41) is 1.16. The van der Waals surface area contributed by atoms with Gasteiger partial charge in [0.25, 0.3) is 0 Å². The lowest BCUT2D eigenvalue weighted by Crippen LogP contribution is -1.89. The zero-order valence-electron chi connectivity index (χ0n) is 10.2. The maximum atomic E-state index is 3.27. The normalized spacial score (nSPS) is 10.9. The number of aromatic nitrogens is 1. The van der Waals surface area contributed by atoms with Crippen molar-refractivity contribution < 1.29 is 0 Å². The van der Waals surface area contributed by atoms with Gasteiger partial charge >= 0.3 is 0 Å². The van der Waals surface area contributed by atoms with Gasteiger partial charge in [-0.1, -0.05) is 30.3 Å². The summed E-state index contributed by atoms with van der Waals surface area (Å²) in [6.07, 6.45) is 4.94. The van der Waals surface area contributed by atoms with Crippen LogP contribution in [0, 0.1) is 6.07 Å². The van der Waals surface area contributed by atoms with Gasteiger partial charge in [-0.15, -0.1) is 11.8 Å². The largest absolute Gasteiger partial charge is 0.360 e. The molecule has 0 saturated carbocycles. The number of hydrogen-bond acceptors (Lipinski definition) is 1. The molecule has 18 heavy (non-hydrogen) atoms. The van der Waals surface area contributed by atoms with Crippen molar-refractivity contribution >= 4 is 22.7 Å². The molecule has 0 fully saturated rings. The van der Waals surface area contributed by atoms with Crippen molar-refractivity contribution in [2.24, 2.45) is 0 Å². The SMILES string of the molecule is CSc1ccc(Cc2cccc3[c]c[nH]c23)cc1. The number of thioether (sulfide) groups is 1. The Hall–Kier alpha value is -1.67. The molecule has 0 aliphatic rings. The molecule has 0 spiro atoms. The molecular formula is C16H14NS. The van der Waals surface area contributed by atoms with Crippen LogP contribution in [0.4, 0.5) is 0 Å². The Morgan fingerprint density at radius 3 is 2.72 bits per heavy atom. The highest BCUT2D eigenvalue weighted by Gasteiger charge is 2.03. The highest BCUT2D eigenvalue weighted by Crippen LogP contribution is 2.21. The minimum absolute atomic E-state index is 0.959. The predicted octanol–water partition coefficient (Wildman–Crippen LogP) is 4.28. The van der Waals surface area contributed by atoms with E-state index in [2.05, 4.69) is 59.8 Å². The van der Waals surface area contributed by atoms with E-state index in [1.807, 2.05) is 6.20 Å². The van der Waals surface area contributed by atoms with Crippen LogP contribution in [0.5, 0.6) is 0 Å². The Morgan fingerprint density at radius 2 is 1.94 bits per heavy atom. The minimum Gasteiger partial charge on any atom is -0.360 e. The fourth-order valence-electron chi connectivity index (χ4n) is 2.19. The quantitative estimate of drug-likeness (QED) is 0.688. The van der Waals surface area contributed by atoms with Crippen LogP contribution in [0.1, 0.15) is 11.1 Å². The first-order valence-corrected chi connectivity index (χ1v) is 7.19. The van der Waals surface area contributed by atoms with Crippen LogP contribution in [0.25, 0.3) is 10.9 Å². The predicted molar refractivity (Wildman–Crippen MR) is 78.2 cm³/mol. The lowest BCUT2D eigenvalue weighted by Gasteiger charge is -2.05. The van der Waals surface area contributed by atoms with Gasteiger partial charge in [-0.2, -0.15) is 0 Å². The molecule has 3 rings (SSSR count). The summed E-state index contributed by atoms with van der Waals surface area (Å²) >= 11 is 1.78. The molecule has 0 bridgehead atoms. The number of rotatable bonds is 3. The number of aromatic amines is 1. The van der Waals surface area contributed by atoms with Gasteiger partial charge in [-0.05, 0) is 35.9 Å². The molecule has 1 radical (unpaired) electrons. The van der Waals surface area contributed by atoms with E-state index >= 15 is 0 Å². The van der Waals surface area contributed by atoms with Gasteiger partial charge in [-0.25, -0.2) is 0 Å². The molecular weight excluding hydrogens is 238 g/mol. The fraction of sp³-hybridized carbons (Fsp3) is 0.125. The molecule has 1 aromatic heterocycles. The van der Waals surface area contributed by atoms with Crippen LogP contribution in [-0.2, 0) is 6.42 Å². The van der Waals surface area contributed by atoms with E-state index in [0.29, 0.717) is 0 Å². The summed E-state index contributed by atoms with van der Waals surface area (Å²) in [6, 6.07) is 18.3. The van der Waals surface area contributed by atoms with Crippen molar-refractivity contribution in [1.82, 2.24) is 4.98 Å². The third kappa shape index (κ3) is 2.16. The second kappa shape index (κ2) is 4.91. The standard InChI is InChI=1S/C16H14NS/c1-18-15-7-5-12(6-8-15)11-14-4-2-3-13-9-10-17-16(13)14/h2-8,10,17H,11H2,1H3. The van der Waals surface area contributed by atoms with E-state index in [9.17, 15) is 0 Å². The lowest BCUT2D eigenvalue weighted by atomic mass is 10.0. The molecule has 89 valence electrons. The molecule has 0 aliphatic carbocycles. The van der Waals surface area contributed by atoms with Crippen molar-refractivity contribution in [2.75, 3.05) is 6.26 Å². The zero-order chi connectivity index (χ0) is 12.4. The Bertz CT molecular complexity index is 652. The molecule has 1 nitrogen and oxygen atoms in total. The summed E-state index contributed by atoms with van der Waals surface area (Å²) in [5.41, 5.74) is 3.87. The summed E-state index contributed by atoms with van der Waals surface area (Å²) < 4.78 is 0. The number of hydrogen-bond donors (Lipinski definition) is 1. The van der Waals surface area contributed by atoms with Crippen molar-refractivity contribution in [3.63, 3.8) is 0 Å². The van der Waals surface area contributed by atoms with Crippen LogP contribution < -0.4 is 0 Å². The van der Waals surface area contributed by atoms with Crippen molar-refractivity contribution in [2.45, 2.75) is 11.3 Å². The van der Waals surface area contributed by atoms with Crippen LogP contribution >= 0.6 is 11.8 Å². The minimum atomic E-state index is 0.959. The first-order valence-electron chi connectivity index (χ1n) is 5.96. The molecule has 1 N–H and O–H groups in total. The molecule has 0 unspecified atom stereocenters. The number of benzene rings is 2. The van der Waals surface area contributed by atoms with E-state index in [1.54, 1.807) is 11.8 Å². The monoisotopic (exact) mass is 252 g/mol. The fourth-order valence-corrected chi connectivity index (χ4v) is 2.60. The Morgan fingerprint density at radius 1 is 1.11 bits per heavy atom. The van der Waals surface area contributed by atoms with Gasteiger partial charge in [-0.3, -0.25) is 0 Å². The van der Waals surface area contributed by atoms with Crippen LogP contribution in [0.2, 0.25) is 0 Å². The maximum Gasteiger partial charge on any atom is 0.0496 e. The molecule has 0 saturated heterocycles. The molecule has 0 atom stereocenters. The van der Waals surface area contributed by atoms with Crippen LogP contribution in [0.3, 0.4) is 0 Å². The van der Waals surface area contributed by atoms with Gasteiger partial charge in [0.2, 0.25) is 0 Å². The smallest absolute Gasteiger partial charge is 0.0496 e. The zero-order valence-corrected chi connectivity index (χ0v) is 11.1. The van der Waals surface area contributed by atoms with E-state index in [4.69, 9.17) is 0 Å². The van der Waals surface area contributed by atoms with Crippen molar-refractivity contribution in [3.8, 4) is 0 Å². The van der Waals surface area contributed by atoms with E-state index in [1.165, 1.54) is 21.5 Å². The molecule has 3 aromatic rings. The van der Waals surface area contributed by atoms with E-state index < -0.39 is 0 Å². The average molecular weight is 252 g/mol. The summed E-state index contributed by atoms with van der Waals surface area (Å²) in [4.78, 5) is 4.58. The molecule has 2 aromatic carbocycles. The first kappa shape index (κ1) is 11.4. The number of fused-ring (bicyclic) bond motifs is 1. The Balaban J connectivity index is 1.93. The van der Waals surface area contributed by atoms with Gasteiger partial charge in [0.05, 0.1) is 0 Å². The molecule has 1 heterocycles. The molecule has 0 amide bonds. The molecule has 2 heteroatoms. The number of H-pyrrole nitrogens is 1. The second-order valence-electron chi connectivity index (χ2n) is 4.30. The Labute approximate surface area is 111 Å². The maximum absolute atomic E-state index is 3.27. The second-order valence-corrected chi connectivity index (χ2v) is 5.18. The number of nitrogens with one attached hydrogen (secondary N) is 1. The first-order chi connectivity index (χ1) is 8.86. The summed E-state index contributed by atoms with van der Waals surface area (Å²) in [6.45, 7) is 0. The Kier molecular flexibility index (Phi) is 3.11. The highest BCUT2D eigenvalue weighted by molar-refractivity contribution is 7.98. The lowest BCUT2D eigenvalue weighted by molar-refractivity contribution is 1.19. The third-order valence-electron chi connectivity index (χ3n) is 3.15. The van der Waals surface area contributed by atoms with E-state index in [-0.39, 0.29) is 0 Å². The summed E-state index contributed by atoms with van der Waals surface area (Å²) in [5.74, 6) is 0. The highest BCUT2D eigenvalue weighted by atomic mass is 32.2. The van der Waals surface area contributed by atoms with Crippen LogP contribution in [0.15, 0.2) is 53.6 Å². The topological polar surface area (TPSA) is 15.8 Å². The van der Waals surface area contributed by atoms with Gasteiger partial charge in [0, 0.05) is 28.1 Å². The third-order valence-corrected chi connectivity index (χ3v) is 3.89. The van der Waals surface area contributed by atoms with Crippen molar-refractivity contribution in [3.05, 3.63) is 65.9 Å². The van der Waals surface area contributed by atoms with Gasteiger partial charge < -0.3 is 4.98 Å². The van der Waals surface area contributed by atoms with Crippen LogP contribution in [-0.4, -0.2) is 11.2 Å². The van der Waals surface area contributed by atoms with Gasteiger partial charge in [0.15, 0.2) is 0 Å². The van der Waals surface area contributed by atoms with Gasteiger partial charge in [0.1, 0.15) is 0 Å². The summed E-state index contributed by atoms with van der Waals surface area (Å²) in [7, 11) is 0. The number of para-hydroxylation sites is 1. The molecule has 0 aliphatic heterocycles.